The van der Waals surface area contributed by atoms with E-state index >= 15 is 0 Å². The van der Waals surface area contributed by atoms with Gasteiger partial charge in [-0.15, -0.1) is 11.3 Å². The summed E-state index contributed by atoms with van der Waals surface area (Å²) >= 11 is 1.75. The number of nitrogens with zero attached hydrogens (tertiary/aromatic N) is 1. The highest BCUT2D eigenvalue weighted by molar-refractivity contribution is 7.09. The average Bonchev–Trinajstić information content (AvgIpc) is 2.86. The maximum absolute atomic E-state index is 4.58. The smallest absolute Gasteiger partial charge is 0.0926 e. The van der Waals surface area contributed by atoms with Crippen LogP contribution in [0.2, 0.25) is 0 Å². The van der Waals surface area contributed by atoms with Gasteiger partial charge in [-0.1, -0.05) is 38.5 Å². The Kier molecular flexibility index (Phi) is 4.76. The predicted octanol–water partition coefficient (Wildman–Crippen LogP) is 4.27. The van der Waals surface area contributed by atoms with Crippen molar-refractivity contribution in [2.45, 2.75) is 39.7 Å². The van der Waals surface area contributed by atoms with Crippen molar-refractivity contribution in [3.63, 3.8) is 0 Å². The number of hydrogen-bond acceptors (Lipinski definition) is 3. The number of nitrogens with one attached hydrogen (secondary N) is 1. The molecule has 1 heterocycles. The maximum Gasteiger partial charge on any atom is 0.0926 e. The lowest BCUT2D eigenvalue weighted by molar-refractivity contribution is 0.917. The van der Waals surface area contributed by atoms with Gasteiger partial charge in [0.25, 0.3) is 0 Å². The van der Waals surface area contributed by atoms with Crippen LogP contribution in [0.25, 0.3) is 0 Å². The Hall–Kier alpha value is -1.35. The van der Waals surface area contributed by atoms with Gasteiger partial charge in [0.15, 0.2) is 0 Å². The van der Waals surface area contributed by atoms with Gasteiger partial charge >= 0.3 is 0 Å². The van der Waals surface area contributed by atoms with Crippen LogP contribution in [0.1, 0.15) is 36.5 Å². The van der Waals surface area contributed by atoms with Gasteiger partial charge in [0.1, 0.15) is 0 Å². The molecule has 0 aliphatic rings. The lowest BCUT2D eigenvalue weighted by Crippen LogP contribution is -2.02. The van der Waals surface area contributed by atoms with E-state index in [2.05, 4.69) is 53.8 Å². The molecule has 0 aliphatic heterocycles. The molecule has 1 aromatic heterocycles. The Bertz CT molecular complexity index is 491. The number of aryl methyl sites for hydroxylation is 2. The molecule has 1 N–H and O–H groups in total. The van der Waals surface area contributed by atoms with Crippen molar-refractivity contribution >= 4 is 17.0 Å². The first-order valence-corrected chi connectivity index (χ1v) is 7.46. The molecule has 0 spiro atoms. The fourth-order valence-electron chi connectivity index (χ4n) is 1.96. The molecule has 0 bridgehead atoms. The molecule has 0 aliphatic carbocycles. The van der Waals surface area contributed by atoms with Crippen molar-refractivity contribution in [1.82, 2.24) is 4.98 Å². The van der Waals surface area contributed by atoms with E-state index in [9.17, 15) is 0 Å². The highest BCUT2D eigenvalue weighted by Gasteiger charge is 2.03. The summed E-state index contributed by atoms with van der Waals surface area (Å²) in [6.45, 7) is 5.18. The van der Waals surface area contributed by atoms with Crippen molar-refractivity contribution in [2.75, 3.05) is 5.32 Å². The number of aromatic nitrogens is 1. The van der Waals surface area contributed by atoms with E-state index < -0.39 is 0 Å². The fourth-order valence-corrected chi connectivity index (χ4v) is 2.70. The molecule has 0 atom stereocenters. The van der Waals surface area contributed by atoms with Crippen LogP contribution < -0.4 is 5.32 Å². The standard InChI is InChI=1S/C15H20N2S/c1-3-7-12-8-5-6-9-14(12)16-10-13-11-18-15(4-2)17-13/h5-6,8-9,11,16H,3-4,7,10H2,1-2H3. The van der Waals surface area contributed by atoms with Gasteiger partial charge in [-0.2, -0.15) is 0 Å². The summed E-state index contributed by atoms with van der Waals surface area (Å²) in [6.07, 6.45) is 3.33. The fraction of sp³-hybridized carbons (Fsp3) is 0.400. The second kappa shape index (κ2) is 6.55. The van der Waals surface area contributed by atoms with Crippen LogP contribution in [-0.2, 0) is 19.4 Å². The van der Waals surface area contributed by atoms with E-state index in [0.717, 1.165) is 25.1 Å². The second-order valence-electron chi connectivity index (χ2n) is 4.35. The molecule has 2 nitrogen and oxygen atoms in total. The van der Waals surface area contributed by atoms with E-state index in [-0.39, 0.29) is 0 Å². The molecule has 96 valence electrons. The number of benzene rings is 1. The van der Waals surface area contributed by atoms with Crippen LogP contribution in [0.3, 0.4) is 0 Å². The molecule has 2 aromatic rings. The predicted molar refractivity (Wildman–Crippen MR) is 79.3 cm³/mol. The van der Waals surface area contributed by atoms with Crippen LogP contribution in [0.5, 0.6) is 0 Å². The number of hydrogen-bond donors (Lipinski definition) is 1. The summed E-state index contributed by atoms with van der Waals surface area (Å²) in [4.78, 5) is 4.58. The van der Waals surface area contributed by atoms with Crippen molar-refractivity contribution in [3.05, 3.63) is 45.9 Å². The van der Waals surface area contributed by atoms with Gasteiger partial charge < -0.3 is 5.32 Å². The van der Waals surface area contributed by atoms with Gasteiger partial charge in [0.2, 0.25) is 0 Å². The average molecular weight is 260 g/mol. The number of anilines is 1. The Morgan fingerprint density at radius 1 is 1.22 bits per heavy atom. The minimum absolute atomic E-state index is 0.817. The first-order chi connectivity index (χ1) is 8.83. The molecule has 0 unspecified atom stereocenters. The zero-order valence-corrected chi connectivity index (χ0v) is 11.9. The number of rotatable bonds is 6. The summed E-state index contributed by atoms with van der Waals surface area (Å²) in [5, 5.41) is 6.86. The van der Waals surface area contributed by atoms with Crippen molar-refractivity contribution < 1.29 is 0 Å². The third-order valence-corrected chi connectivity index (χ3v) is 3.94. The van der Waals surface area contributed by atoms with E-state index in [1.807, 2.05) is 0 Å². The Morgan fingerprint density at radius 2 is 2.06 bits per heavy atom. The Labute approximate surface area is 113 Å². The van der Waals surface area contributed by atoms with Crippen molar-refractivity contribution in [1.29, 1.82) is 0 Å². The molecule has 0 amide bonds. The van der Waals surface area contributed by atoms with Crippen molar-refractivity contribution in [2.24, 2.45) is 0 Å². The zero-order valence-electron chi connectivity index (χ0n) is 11.1. The minimum atomic E-state index is 0.817. The van der Waals surface area contributed by atoms with Crippen LogP contribution in [0.15, 0.2) is 29.6 Å². The molecule has 0 saturated heterocycles. The lowest BCUT2D eigenvalue weighted by Gasteiger charge is -2.10. The lowest BCUT2D eigenvalue weighted by atomic mass is 10.1. The summed E-state index contributed by atoms with van der Waals surface area (Å²) in [7, 11) is 0. The monoisotopic (exact) mass is 260 g/mol. The van der Waals surface area contributed by atoms with E-state index in [0.29, 0.717) is 0 Å². The third-order valence-electron chi connectivity index (χ3n) is 2.90. The van der Waals surface area contributed by atoms with Gasteiger partial charge in [-0.3, -0.25) is 0 Å². The summed E-state index contributed by atoms with van der Waals surface area (Å²) in [5.74, 6) is 0. The summed E-state index contributed by atoms with van der Waals surface area (Å²) < 4.78 is 0. The van der Waals surface area contributed by atoms with Gasteiger partial charge in [-0.25, -0.2) is 4.98 Å². The summed E-state index contributed by atoms with van der Waals surface area (Å²) in [6, 6.07) is 8.54. The van der Waals surface area contributed by atoms with E-state index in [4.69, 9.17) is 0 Å². The SMILES string of the molecule is CCCc1ccccc1NCc1csc(CC)n1. The Balaban J connectivity index is 2.01. The third kappa shape index (κ3) is 3.33. The minimum Gasteiger partial charge on any atom is -0.379 e. The van der Waals surface area contributed by atoms with Crippen LogP contribution in [0, 0.1) is 0 Å². The molecule has 0 fully saturated rings. The van der Waals surface area contributed by atoms with Gasteiger partial charge in [0.05, 0.1) is 17.2 Å². The van der Waals surface area contributed by atoms with E-state index in [1.54, 1.807) is 11.3 Å². The number of thiazole rings is 1. The first-order valence-electron chi connectivity index (χ1n) is 6.58. The second-order valence-corrected chi connectivity index (χ2v) is 5.29. The molecular formula is C15H20N2S. The quantitative estimate of drug-likeness (QED) is 0.839. The molecule has 2 rings (SSSR count). The zero-order chi connectivity index (χ0) is 12.8. The Morgan fingerprint density at radius 3 is 2.78 bits per heavy atom. The largest absolute Gasteiger partial charge is 0.379 e. The topological polar surface area (TPSA) is 24.9 Å². The molecule has 0 saturated carbocycles. The van der Waals surface area contributed by atoms with Crippen LogP contribution in [0.4, 0.5) is 5.69 Å². The van der Waals surface area contributed by atoms with Crippen LogP contribution >= 0.6 is 11.3 Å². The van der Waals surface area contributed by atoms with E-state index in [1.165, 1.54) is 22.7 Å². The highest BCUT2D eigenvalue weighted by atomic mass is 32.1. The molecule has 0 radical (unpaired) electrons. The molecule has 18 heavy (non-hydrogen) atoms. The van der Waals surface area contributed by atoms with Gasteiger partial charge in [0, 0.05) is 11.1 Å². The summed E-state index contributed by atoms with van der Waals surface area (Å²) in [5.41, 5.74) is 3.78. The van der Waals surface area contributed by atoms with Gasteiger partial charge in [-0.05, 0) is 24.5 Å². The van der Waals surface area contributed by atoms with Crippen molar-refractivity contribution in [3.8, 4) is 0 Å². The normalized spacial score (nSPS) is 10.6. The first kappa shape index (κ1) is 13.1. The molecular weight excluding hydrogens is 240 g/mol. The molecule has 1 aromatic carbocycles. The number of para-hydroxylation sites is 1. The maximum atomic E-state index is 4.58. The van der Waals surface area contributed by atoms with Crippen LogP contribution in [-0.4, -0.2) is 4.98 Å². The molecule has 3 heteroatoms. The highest BCUT2D eigenvalue weighted by Crippen LogP contribution is 2.18.